The van der Waals surface area contributed by atoms with Crippen molar-refractivity contribution in [2.24, 2.45) is 5.73 Å². The van der Waals surface area contributed by atoms with E-state index in [-0.39, 0.29) is 12.5 Å². The van der Waals surface area contributed by atoms with Crippen molar-refractivity contribution in [1.29, 1.82) is 0 Å². The Kier molecular flexibility index (Phi) is 3.20. The first-order chi connectivity index (χ1) is 8.16. The number of carbonyl (C=O) groups is 2. The van der Waals surface area contributed by atoms with Crippen LogP contribution in [0.15, 0.2) is 30.2 Å². The normalized spacial score (nSPS) is 10.1. The summed E-state index contributed by atoms with van der Waals surface area (Å²) in [6, 6.07) is 1.58. The van der Waals surface area contributed by atoms with Crippen LogP contribution in [-0.2, 0) is 11.3 Å². The van der Waals surface area contributed by atoms with Gasteiger partial charge in [-0.1, -0.05) is 0 Å². The van der Waals surface area contributed by atoms with E-state index in [9.17, 15) is 9.59 Å². The lowest BCUT2D eigenvalue weighted by atomic mass is 10.3. The Labute approximate surface area is 101 Å². The van der Waals surface area contributed by atoms with Gasteiger partial charge >= 0.3 is 0 Å². The molecule has 2 aromatic rings. The molecule has 2 rings (SSSR count). The van der Waals surface area contributed by atoms with Gasteiger partial charge in [0.1, 0.15) is 11.5 Å². The van der Waals surface area contributed by atoms with Crippen LogP contribution in [0.3, 0.4) is 0 Å². The third kappa shape index (κ3) is 2.70. The van der Waals surface area contributed by atoms with Crippen molar-refractivity contribution in [3.63, 3.8) is 0 Å². The average Bonchev–Trinajstić information content (AvgIpc) is 2.88. The van der Waals surface area contributed by atoms with Crippen LogP contribution in [0.1, 0.15) is 10.4 Å². The molecular formula is C10H10N4O2S. The van der Waals surface area contributed by atoms with Crippen LogP contribution in [-0.4, -0.2) is 21.4 Å². The highest BCUT2D eigenvalue weighted by molar-refractivity contribution is 7.14. The van der Waals surface area contributed by atoms with E-state index >= 15 is 0 Å². The highest BCUT2D eigenvalue weighted by atomic mass is 32.1. The van der Waals surface area contributed by atoms with Gasteiger partial charge in [-0.3, -0.25) is 9.59 Å². The molecule has 88 valence electrons. The molecule has 2 amide bonds. The zero-order chi connectivity index (χ0) is 12.3. The number of amides is 2. The monoisotopic (exact) mass is 250 g/mol. The molecule has 17 heavy (non-hydrogen) atoms. The number of nitrogens with two attached hydrogens (primary N) is 1. The molecule has 0 radical (unpaired) electrons. The first-order valence-corrected chi connectivity index (χ1v) is 5.67. The van der Waals surface area contributed by atoms with Gasteiger partial charge in [-0.2, -0.15) is 0 Å². The molecule has 6 nitrogen and oxygen atoms in total. The first kappa shape index (κ1) is 11.3. The van der Waals surface area contributed by atoms with Crippen LogP contribution in [0.2, 0.25) is 0 Å². The Bertz CT molecular complexity index is 532. The smallest absolute Gasteiger partial charge is 0.251 e. The maximum Gasteiger partial charge on any atom is 0.251 e. The van der Waals surface area contributed by atoms with E-state index in [0.717, 1.165) is 0 Å². The minimum Gasteiger partial charge on any atom is -0.366 e. The van der Waals surface area contributed by atoms with Gasteiger partial charge in [0, 0.05) is 12.4 Å². The van der Waals surface area contributed by atoms with Crippen LogP contribution >= 0.6 is 11.3 Å². The molecule has 0 aromatic carbocycles. The molecule has 0 fully saturated rings. The number of nitrogens with one attached hydrogen (secondary N) is 1. The van der Waals surface area contributed by atoms with Gasteiger partial charge in [0.05, 0.1) is 11.9 Å². The third-order valence-electron chi connectivity index (χ3n) is 2.07. The molecule has 0 bridgehead atoms. The fourth-order valence-electron chi connectivity index (χ4n) is 1.31. The van der Waals surface area contributed by atoms with Gasteiger partial charge in [-0.25, -0.2) is 4.98 Å². The maximum atomic E-state index is 11.6. The minimum atomic E-state index is -0.552. The Morgan fingerprint density at radius 3 is 3.00 bits per heavy atom. The first-order valence-electron chi connectivity index (χ1n) is 4.79. The molecule has 2 aromatic heterocycles. The Morgan fingerprint density at radius 2 is 2.35 bits per heavy atom. The van der Waals surface area contributed by atoms with Gasteiger partial charge in [0.15, 0.2) is 0 Å². The molecule has 0 atom stereocenters. The molecule has 0 saturated heterocycles. The Balaban J connectivity index is 2.03. The van der Waals surface area contributed by atoms with Crippen molar-refractivity contribution >= 4 is 28.2 Å². The van der Waals surface area contributed by atoms with Crippen LogP contribution < -0.4 is 11.1 Å². The predicted molar refractivity (Wildman–Crippen MR) is 63.7 cm³/mol. The number of carbonyl (C=O) groups excluding carboxylic acids is 2. The molecule has 0 saturated carbocycles. The zero-order valence-corrected chi connectivity index (χ0v) is 9.61. The summed E-state index contributed by atoms with van der Waals surface area (Å²) in [7, 11) is 0. The second kappa shape index (κ2) is 4.79. The van der Waals surface area contributed by atoms with Crippen molar-refractivity contribution < 1.29 is 9.59 Å². The van der Waals surface area contributed by atoms with E-state index in [0.29, 0.717) is 10.6 Å². The summed E-state index contributed by atoms with van der Waals surface area (Å²) in [5.74, 6) is -0.780. The second-order valence-electron chi connectivity index (χ2n) is 3.31. The average molecular weight is 250 g/mol. The van der Waals surface area contributed by atoms with Crippen LogP contribution in [0.25, 0.3) is 0 Å². The van der Waals surface area contributed by atoms with Crippen molar-refractivity contribution in [1.82, 2.24) is 9.55 Å². The van der Waals surface area contributed by atoms with Gasteiger partial charge in [-0.05, 0) is 11.4 Å². The maximum absolute atomic E-state index is 11.6. The number of hydrogen-bond acceptors (Lipinski definition) is 4. The molecule has 2 heterocycles. The number of imidazole rings is 1. The van der Waals surface area contributed by atoms with Gasteiger partial charge in [0.2, 0.25) is 5.91 Å². The number of anilines is 1. The molecule has 0 unspecified atom stereocenters. The summed E-state index contributed by atoms with van der Waals surface area (Å²) in [6.07, 6.45) is 4.82. The standard InChI is InChI=1S/C10H10N4O2S/c11-9(16)7-1-4-17-10(7)13-8(15)5-14-3-2-12-6-14/h1-4,6H,5H2,(H2,11,16)(H,13,15). The van der Waals surface area contributed by atoms with E-state index < -0.39 is 5.91 Å². The van der Waals surface area contributed by atoms with Crippen molar-refractivity contribution in [2.45, 2.75) is 6.54 Å². The molecule has 0 spiro atoms. The van der Waals surface area contributed by atoms with Crippen LogP contribution in [0.4, 0.5) is 5.00 Å². The number of aromatic nitrogens is 2. The third-order valence-corrected chi connectivity index (χ3v) is 2.90. The van der Waals surface area contributed by atoms with Crippen molar-refractivity contribution in [3.05, 3.63) is 35.7 Å². The Morgan fingerprint density at radius 1 is 1.53 bits per heavy atom. The van der Waals surface area contributed by atoms with Gasteiger partial charge in [-0.15, -0.1) is 11.3 Å². The molecular weight excluding hydrogens is 240 g/mol. The lowest BCUT2D eigenvalue weighted by Gasteiger charge is -2.04. The van der Waals surface area contributed by atoms with Crippen LogP contribution in [0, 0.1) is 0 Å². The largest absolute Gasteiger partial charge is 0.366 e. The summed E-state index contributed by atoms with van der Waals surface area (Å²) >= 11 is 1.26. The Hall–Kier alpha value is -2.15. The fourth-order valence-corrected chi connectivity index (χ4v) is 2.12. The fraction of sp³-hybridized carbons (Fsp3) is 0.100. The summed E-state index contributed by atoms with van der Waals surface area (Å²) in [4.78, 5) is 26.5. The molecule has 0 aliphatic carbocycles. The van der Waals surface area contributed by atoms with Crippen molar-refractivity contribution in [2.75, 3.05) is 5.32 Å². The number of primary amides is 1. The summed E-state index contributed by atoms with van der Waals surface area (Å²) in [6.45, 7) is 0.149. The summed E-state index contributed by atoms with van der Waals surface area (Å²) in [5, 5.41) is 4.82. The van der Waals surface area contributed by atoms with Gasteiger partial charge < -0.3 is 15.6 Å². The summed E-state index contributed by atoms with van der Waals surface area (Å²) < 4.78 is 1.63. The number of nitrogens with zero attached hydrogens (tertiary/aromatic N) is 2. The van der Waals surface area contributed by atoms with E-state index in [4.69, 9.17) is 5.73 Å². The van der Waals surface area contributed by atoms with E-state index in [2.05, 4.69) is 10.3 Å². The van der Waals surface area contributed by atoms with Crippen LogP contribution in [0.5, 0.6) is 0 Å². The minimum absolute atomic E-state index is 0.149. The lowest BCUT2D eigenvalue weighted by Crippen LogP contribution is -2.20. The topological polar surface area (TPSA) is 90.0 Å². The highest BCUT2D eigenvalue weighted by Gasteiger charge is 2.12. The molecule has 0 aliphatic rings. The van der Waals surface area contributed by atoms with E-state index in [1.807, 2.05) is 0 Å². The zero-order valence-electron chi connectivity index (χ0n) is 8.79. The number of rotatable bonds is 4. The summed E-state index contributed by atoms with van der Waals surface area (Å²) in [5.41, 5.74) is 5.50. The van der Waals surface area contributed by atoms with E-state index in [1.54, 1.807) is 34.7 Å². The molecule has 7 heteroatoms. The SMILES string of the molecule is NC(=O)c1ccsc1NC(=O)Cn1ccnc1. The molecule has 3 N–H and O–H groups in total. The second-order valence-corrected chi connectivity index (χ2v) is 4.23. The predicted octanol–water partition coefficient (Wildman–Crippen LogP) is 0.682. The number of hydrogen-bond donors (Lipinski definition) is 2. The number of thiophene rings is 1. The van der Waals surface area contributed by atoms with Crippen molar-refractivity contribution in [3.8, 4) is 0 Å². The molecule has 0 aliphatic heterocycles. The lowest BCUT2D eigenvalue weighted by molar-refractivity contribution is -0.116. The van der Waals surface area contributed by atoms with E-state index in [1.165, 1.54) is 11.3 Å². The van der Waals surface area contributed by atoms with Gasteiger partial charge in [0.25, 0.3) is 5.91 Å². The quantitative estimate of drug-likeness (QED) is 0.836. The highest BCUT2D eigenvalue weighted by Crippen LogP contribution is 2.22.